The first-order chi connectivity index (χ1) is 9.06. The molecule has 0 bridgehead atoms. The number of benzene rings is 1. The highest BCUT2D eigenvalue weighted by atomic mass is 16.3. The van der Waals surface area contributed by atoms with Crippen molar-refractivity contribution in [2.24, 2.45) is 7.05 Å². The van der Waals surface area contributed by atoms with Crippen molar-refractivity contribution in [3.63, 3.8) is 0 Å². The van der Waals surface area contributed by atoms with E-state index in [1.165, 1.54) is 0 Å². The third-order valence-corrected chi connectivity index (χ3v) is 2.82. The molecule has 1 amide bonds. The molecule has 19 heavy (non-hydrogen) atoms. The van der Waals surface area contributed by atoms with Gasteiger partial charge in [-0.25, -0.2) is 0 Å². The molecular formula is C13H16N4O2. The highest BCUT2D eigenvalue weighted by Gasteiger charge is 2.07. The molecule has 0 spiro atoms. The van der Waals surface area contributed by atoms with Gasteiger partial charge in [0, 0.05) is 19.2 Å². The number of aryl methyl sites for hydroxylation is 1. The molecule has 0 aliphatic carbocycles. The number of hydrogen-bond acceptors (Lipinski definition) is 4. The number of aromatic hydroxyl groups is 1. The summed E-state index contributed by atoms with van der Waals surface area (Å²) in [7, 11) is 1.74. The molecule has 2 aromatic rings. The lowest BCUT2D eigenvalue weighted by molar-refractivity contribution is -0.120. The quantitative estimate of drug-likeness (QED) is 0.749. The average Bonchev–Trinajstić information content (AvgIpc) is 2.68. The van der Waals surface area contributed by atoms with E-state index in [1.807, 2.05) is 0 Å². The summed E-state index contributed by atoms with van der Waals surface area (Å²) in [4.78, 5) is 11.8. The number of amides is 1. The first-order valence-electron chi connectivity index (χ1n) is 5.87. The van der Waals surface area contributed by atoms with Crippen molar-refractivity contribution in [2.45, 2.75) is 13.0 Å². The number of carbonyl (C=O) groups is 1. The van der Waals surface area contributed by atoms with Crippen molar-refractivity contribution < 1.29 is 9.90 Å². The highest BCUT2D eigenvalue weighted by molar-refractivity contribution is 5.78. The molecule has 0 saturated heterocycles. The van der Waals surface area contributed by atoms with E-state index in [1.54, 1.807) is 42.2 Å². The van der Waals surface area contributed by atoms with Gasteiger partial charge in [0.1, 0.15) is 11.6 Å². The molecule has 0 radical (unpaired) electrons. The molecule has 0 saturated carbocycles. The monoisotopic (exact) mass is 260 g/mol. The van der Waals surface area contributed by atoms with Gasteiger partial charge in [0.25, 0.3) is 0 Å². The number of nitrogens with one attached hydrogen (secondary N) is 1. The summed E-state index contributed by atoms with van der Waals surface area (Å²) in [5.41, 5.74) is 7.32. The first kappa shape index (κ1) is 12.9. The van der Waals surface area contributed by atoms with Crippen LogP contribution in [0.3, 0.4) is 0 Å². The second-order valence-electron chi connectivity index (χ2n) is 4.30. The predicted molar refractivity (Wildman–Crippen MR) is 71.3 cm³/mol. The third-order valence-electron chi connectivity index (χ3n) is 2.82. The summed E-state index contributed by atoms with van der Waals surface area (Å²) in [6.45, 7) is 0.345. The minimum atomic E-state index is -0.131. The Kier molecular flexibility index (Phi) is 3.70. The minimum absolute atomic E-state index is 0.131. The van der Waals surface area contributed by atoms with E-state index in [4.69, 9.17) is 5.73 Å². The number of nitrogens with zero attached hydrogens (tertiary/aromatic N) is 2. The minimum Gasteiger partial charge on any atom is -0.508 e. The lowest BCUT2D eigenvalue weighted by Gasteiger charge is -2.05. The van der Waals surface area contributed by atoms with Gasteiger partial charge in [0.2, 0.25) is 5.91 Å². The molecule has 6 heteroatoms. The van der Waals surface area contributed by atoms with Crippen LogP contribution >= 0.6 is 0 Å². The smallest absolute Gasteiger partial charge is 0.224 e. The van der Waals surface area contributed by atoms with Crippen LogP contribution in [0.15, 0.2) is 30.5 Å². The Balaban J connectivity index is 1.90. The topological polar surface area (TPSA) is 93.2 Å². The molecule has 1 aromatic carbocycles. The molecule has 2 rings (SSSR count). The Bertz CT molecular complexity index is 592. The van der Waals surface area contributed by atoms with E-state index >= 15 is 0 Å². The zero-order chi connectivity index (χ0) is 13.8. The average molecular weight is 260 g/mol. The number of nitrogens with two attached hydrogens (primary N) is 1. The number of carbonyl (C=O) groups excluding carboxylic acids is 1. The molecular weight excluding hydrogens is 244 g/mol. The van der Waals surface area contributed by atoms with Crippen LogP contribution in [0.5, 0.6) is 5.75 Å². The number of anilines is 1. The predicted octanol–water partition coefficient (Wildman–Crippen LogP) is 0.567. The van der Waals surface area contributed by atoms with Crippen LogP contribution in [0.25, 0.3) is 0 Å². The third kappa shape index (κ3) is 3.25. The van der Waals surface area contributed by atoms with Crippen LogP contribution in [0.4, 0.5) is 5.82 Å². The zero-order valence-electron chi connectivity index (χ0n) is 10.6. The Labute approximate surface area is 110 Å². The van der Waals surface area contributed by atoms with Crippen molar-refractivity contribution in [2.75, 3.05) is 5.73 Å². The molecule has 1 aromatic heterocycles. The van der Waals surface area contributed by atoms with Crippen LogP contribution in [0, 0.1) is 0 Å². The molecule has 0 unspecified atom stereocenters. The van der Waals surface area contributed by atoms with E-state index < -0.39 is 0 Å². The fourth-order valence-electron chi connectivity index (χ4n) is 1.74. The largest absolute Gasteiger partial charge is 0.508 e. The van der Waals surface area contributed by atoms with E-state index in [2.05, 4.69) is 10.4 Å². The standard InChI is InChI=1S/C13H16N4O2/c1-17-13(14)10(8-16-17)7-15-12(19)6-9-3-2-4-11(18)5-9/h2-5,8,18H,6-7,14H2,1H3,(H,15,19). The normalized spacial score (nSPS) is 10.4. The summed E-state index contributed by atoms with van der Waals surface area (Å²) < 4.78 is 1.55. The Morgan fingerprint density at radius 2 is 2.32 bits per heavy atom. The fourth-order valence-corrected chi connectivity index (χ4v) is 1.74. The molecule has 0 aliphatic rings. The van der Waals surface area contributed by atoms with Crippen LogP contribution in [0.2, 0.25) is 0 Å². The Hall–Kier alpha value is -2.50. The summed E-state index contributed by atoms with van der Waals surface area (Å²) >= 11 is 0. The van der Waals surface area contributed by atoms with Crippen molar-refractivity contribution in [1.29, 1.82) is 0 Å². The Morgan fingerprint density at radius 3 is 2.95 bits per heavy atom. The lowest BCUT2D eigenvalue weighted by atomic mass is 10.1. The number of nitrogen functional groups attached to an aromatic ring is 1. The van der Waals surface area contributed by atoms with Gasteiger partial charge in [-0.3, -0.25) is 9.48 Å². The molecule has 100 valence electrons. The van der Waals surface area contributed by atoms with Gasteiger partial charge in [-0.2, -0.15) is 5.10 Å². The van der Waals surface area contributed by atoms with Gasteiger partial charge in [-0.1, -0.05) is 12.1 Å². The molecule has 1 heterocycles. The van der Waals surface area contributed by atoms with Gasteiger partial charge < -0.3 is 16.2 Å². The maximum absolute atomic E-state index is 11.8. The van der Waals surface area contributed by atoms with E-state index in [-0.39, 0.29) is 18.1 Å². The Morgan fingerprint density at radius 1 is 1.53 bits per heavy atom. The fraction of sp³-hybridized carbons (Fsp3) is 0.231. The summed E-state index contributed by atoms with van der Waals surface area (Å²) in [6, 6.07) is 6.63. The molecule has 6 nitrogen and oxygen atoms in total. The van der Waals surface area contributed by atoms with Crippen molar-refractivity contribution in [1.82, 2.24) is 15.1 Å². The number of phenols is 1. The molecule has 0 fully saturated rings. The number of phenolic OH excluding ortho intramolecular Hbond substituents is 1. The SMILES string of the molecule is Cn1ncc(CNC(=O)Cc2cccc(O)c2)c1N. The molecule has 0 aliphatic heterocycles. The van der Waals surface area contributed by atoms with Gasteiger partial charge in [0.05, 0.1) is 12.6 Å². The number of aromatic nitrogens is 2. The van der Waals surface area contributed by atoms with E-state index in [0.29, 0.717) is 12.4 Å². The summed E-state index contributed by atoms with van der Waals surface area (Å²) in [5, 5.41) is 16.1. The molecule has 0 atom stereocenters. The first-order valence-corrected chi connectivity index (χ1v) is 5.87. The van der Waals surface area contributed by atoms with Gasteiger partial charge in [-0.05, 0) is 17.7 Å². The summed E-state index contributed by atoms with van der Waals surface area (Å²) in [5.74, 6) is 0.563. The number of rotatable bonds is 4. The summed E-state index contributed by atoms with van der Waals surface area (Å²) in [6.07, 6.45) is 1.85. The van der Waals surface area contributed by atoms with Gasteiger partial charge in [0.15, 0.2) is 0 Å². The maximum atomic E-state index is 11.8. The second kappa shape index (κ2) is 5.43. The lowest BCUT2D eigenvalue weighted by Crippen LogP contribution is -2.24. The van der Waals surface area contributed by atoms with E-state index in [0.717, 1.165) is 11.1 Å². The van der Waals surface area contributed by atoms with E-state index in [9.17, 15) is 9.90 Å². The highest BCUT2D eigenvalue weighted by Crippen LogP contribution is 2.12. The maximum Gasteiger partial charge on any atom is 0.224 e. The van der Waals surface area contributed by atoms with Crippen LogP contribution < -0.4 is 11.1 Å². The number of hydrogen-bond donors (Lipinski definition) is 3. The second-order valence-corrected chi connectivity index (χ2v) is 4.30. The van der Waals surface area contributed by atoms with Crippen LogP contribution in [-0.2, 0) is 24.8 Å². The van der Waals surface area contributed by atoms with Gasteiger partial charge in [-0.15, -0.1) is 0 Å². The van der Waals surface area contributed by atoms with Crippen LogP contribution in [0.1, 0.15) is 11.1 Å². The van der Waals surface area contributed by atoms with Crippen LogP contribution in [-0.4, -0.2) is 20.8 Å². The van der Waals surface area contributed by atoms with Crippen molar-refractivity contribution in [3.8, 4) is 5.75 Å². The van der Waals surface area contributed by atoms with Crippen molar-refractivity contribution >= 4 is 11.7 Å². The van der Waals surface area contributed by atoms with Gasteiger partial charge >= 0.3 is 0 Å². The molecule has 4 N–H and O–H groups in total. The zero-order valence-corrected chi connectivity index (χ0v) is 10.6. The van der Waals surface area contributed by atoms with Crippen molar-refractivity contribution in [3.05, 3.63) is 41.6 Å².